The fourth-order valence-electron chi connectivity index (χ4n) is 5.15. The number of nitrogens with zero attached hydrogens (tertiary/aromatic N) is 2. The third-order valence-corrected chi connectivity index (χ3v) is 8.25. The van der Waals surface area contributed by atoms with Crippen molar-refractivity contribution < 1.29 is 4.79 Å². The highest BCUT2D eigenvalue weighted by atomic mass is 32.1. The van der Waals surface area contributed by atoms with Gasteiger partial charge < -0.3 is 5.32 Å². The van der Waals surface area contributed by atoms with Crippen LogP contribution in [0.4, 0.5) is 5.69 Å². The molecule has 0 atom stereocenters. The van der Waals surface area contributed by atoms with Gasteiger partial charge >= 0.3 is 0 Å². The summed E-state index contributed by atoms with van der Waals surface area (Å²) in [6.07, 6.45) is 6.69. The van der Waals surface area contributed by atoms with E-state index in [1.165, 1.54) is 24.1 Å². The molecule has 2 aromatic heterocycles. The molecule has 0 radical (unpaired) electrons. The molecule has 184 valence electrons. The summed E-state index contributed by atoms with van der Waals surface area (Å²) in [7, 11) is 0. The highest BCUT2D eigenvalue weighted by Crippen LogP contribution is 2.38. The lowest BCUT2D eigenvalue weighted by molar-refractivity contribution is 0.102. The predicted molar refractivity (Wildman–Crippen MR) is 149 cm³/mol. The summed E-state index contributed by atoms with van der Waals surface area (Å²) in [5.41, 5.74) is 7.03. The standard InChI is InChI=1S/C31H33N3OS/c1-3-22-11-15-24(16-12-22)27-9-4-5-10-28(27)33-30(35)29-20-36-31(34-29)25-17-13-23(14-18-25)19-26-8-6-7-21(2)32-26/h4-12,15-16,20,23,25H,3,13-14,17-19H2,1-2H3,(H,33,35). The number of hydrogen-bond donors (Lipinski definition) is 1. The van der Waals surface area contributed by atoms with Gasteiger partial charge in [0, 0.05) is 33.9 Å². The summed E-state index contributed by atoms with van der Waals surface area (Å²) in [6.45, 7) is 4.21. The molecule has 1 N–H and O–H groups in total. The van der Waals surface area contributed by atoms with Crippen LogP contribution in [0.3, 0.4) is 0 Å². The van der Waals surface area contributed by atoms with Crippen molar-refractivity contribution in [1.29, 1.82) is 0 Å². The van der Waals surface area contributed by atoms with Crippen LogP contribution in [0.1, 0.15) is 71.0 Å². The van der Waals surface area contributed by atoms with Crippen molar-refractivity contribution >= 4 is 22.9 Å². The molecule has 1 fully saturated rings. The average Bonchev–Trinajstić information content (AvgIpc) is 3.40. The van der Waals surface area contributed by atoms with E-state index in [2.05, 4.69) is 66.6 Å². The predicted octanol–water partition coefficient (Wildman–Crippen LogP) is 7.84. The molecule has 0 aliphatic heterocycles. The monoisotopic (exact) mass is 495 g/mol. The molecule has 1 aliphatic rings. The lowest BCUT2D eigenvalue weighted by Crippen LogP contribution is -2.17. The summed E-state index contributed by atoms with van der Waals surface area (Å²) >= 11 is 1.62. The van der Waals surface area contributed by atoms with Crippen molar-refractivity contribution in [2.75, 3.05) is 5.32 Å². The van der Waals surface area contributed by atoms with Crippen LogP contribution in [0.2, 0.25) is 0 Å². The van der Waals surface area contributed by atoms with E-state index in [4.69, 9.17) is 4.98 Å². The molecular formula is C31H33N3OS. The summed E-state index contributed by atoms with van der Waals surface area (Å²) in [5, 5.41) is 6.11. The van der Waals surface area contributed by atoms with Crippen molar-refractivity contribution in [2.45, 2.75) is 58.3 Å². The molecule has 0 spiro atoms. The van der Waals surface area contributed by atoms with Crippen LogP contribution >= 0.6 is 11.3 Å². The fraction of sp³-hybridized carbons (Fsp3) is 0.323. The Morgan fingerprint density at radius 3 is 2.47 bits per heavy atom. The van der Waals surface area contributed by atoms with Gasteiger partial charge in [-0.2, -0.15) is 0 Å². The molecule has 1 amide bonds. The second-order valence-corrected chi connectivity index (χ2v) is 10.7. The third-order valence-electron chi connectivity index (χ3n) is 7.24. The van der Waals surface area contributed by atoms with Crippen LogP contribution in [0.25, 0.3) is 11.1 Å². The summed E-state index contributed by atoms with van der Waals surface area (Å²) in [5.74, 6) is 0.984. The largest absolute Gasteiger partial charge is 0.320 e. The highest BCUT2D eigenvalue weighted by Gasteiger charge is 2.26. The lowest BCUT2D eigenvalue weighted by Gasteiger charge is -2.27. The zero-order chi connectivity index (χ0) is 24.9. The minimum atomic E-state index is -0.144. The number of para-hydroxylation sites is 1. The van der Waals surface area contributed by atoms with Gasteiger partial charge in [-0.3, -0.25) is 9.78 Å². The Bertz CT molecular complexity index is 1320. The van der Waals surface area contributed by atoms with Gasteiger partial charge in [-0.1, -0.05) is 55.5 Å². The van der Waals surface area contributed by atoms with E-state index in [0.717, 1.165) is 53.2 Å². The number of thiazole rings is 1. The molecule has 1 saturated carbocycles. The van der Waals surface area contributed by atoms with Crippen LogP contribution < -0.4 is 5.32 Å². The van der Waals surface area contributed by atoms with Gasteiger partial charge in [0.1, 0.15) is 5.69 Å². The number of amides is 1. The number of rotatable bonds is 7. The van der Waals surface area contributed by atoms with Gasteiger partial charge in [0.05, 0.1) is 5.01 Å². The number of hydrogen-bond acceptors (Lipinski definition) is 4. The van der Waals surface area contributed by atoms with Crippen molar-refractivity contribution in [3.8, 4) is 11.1 Å². The highest BCUT2D eigenvalue weighted by molar-refractivity contribution is 7.10. The maximum atomic E-state index is 13.1. The number of nitrogens with one attached hydrogen (secondary N) is 1. The first-order valence-corrected chi connectivity index (χ1v) is 13.8. The Morgan fingerprint density at radius 1 is 0.944 bits per heavy atom. The molecule has 4 nitrogen and oxygen atoms in total. The zero-order valence-electron chi connectivity index (χ0n) is 21.0. The van der Waals surface area contributed by atoms with E-state index in [-0.39, 0.29) is 5.91 Å². The van der Waals surface area contributed by atoms with E-state index in [1.54, 1.807) is 11.3 Å². The molecule has 36 heavy (non-hydrogen) atoms. The Hall–Kier alpha value is -3.31. The van der Waals surface area contributed by atoms with Crippen molar-refractivity contribution in [1.82, 2.24) is 9.97 Å². The number of carbonyl (C=O) groups excluding carboxylic acids is 1. The van der Waals surface area contributed by atoms with Gasteiger partial charge in [-0.25, -0.2) is 4.98 Å². The molecule has 5 rings (SSSR count). The van der Waals surface area contributed by atoms with Gasteiger partial charge in [0.25, 0.3) is 5.91 Å². The smallest absolute Gasteiger partial charge is 0.275 e. The molecule has 0 bridgehead atoms. The van der Waals surface area contributed by atoms with Crippen LogP contribution in [-0.2, 0) is 12.8 Å². The van der Waals surface area contributed by atoms with Crippen LogP contribution in [0.15, 0.2) is 72.1 Å². The molecule has 0 unspecified atom stereocenters. The Labute approximate surface area is 217 Å². The maximum Gasteiger partial charge on any atom is 0.275 e. The Balaban J connectivity index is 1.21. The van der Waals surface area contributed by atoms with Crippen LogP contribution in [0.5, 0.6) is 0 Å². The average molecular weight is 496 g/mol. The van der Waals surface area contributed by atoms with Gasteiger partial charge in [0.2, 0.25) is 0 Å². The second-order valence-electron chi connectivity index (χ2n) is 9.81. The SMILES string of the molecule is CCc1ccc(-c2ccccc2NC(=O)c2csc(C3CCC(Cc4cccc(C)n4)CC3)n2)cc1. The summed E-state index contributed by atoms with van der Waals surface area (Å²) in [6, 6.07) is 22.8. The van der Waals surface area contributed by atoms with E-state index in [9.17, 15) is 4.79 Å². The minimum absolute atomic E-state index is 0.144. The molecule has 4 aromatic rings. The lowest BCUT2D eigenvalue weighted by atomic mass is 9.80. The van der Waals surface area contributed by atoms with E-state index < -0.39 is 0 Å². The number of benzene rings is 2. The topological polar surface area (TPSA) is 54.9 Å². The fourth-order valence-corrected chi connectivity index (χ4v) is 6.12. The number of aryl methyl sites for hydroxylation is 2. The number of pyridine rings is 1. The van der Waals surface area contributed by atoms with E-state index in [1.807, 2.05) is 29.6 Å². The molecule has 2 heterocycles. The second kappa shape index (κ2) is 11.2. The van der Waals surface area contributed by atoms with Gasteiger partial charge in [-0.05, 0) is 80.7 Å². The number of anilines is 1. The van der Waals surface area contributed by atoms with Crippen molar-refractivity contribution in [2.24, 2.45) is 5.92 Å². The van der Waals surface area contributed by atoms with Crippen molar-refractivity contribution in [3.63, 3.8) is 0 Å². The first kappa shape index (κ1) is 24.4. The normalized spacial score (nSPS) is 17.6. The molecule has 0 saturated heterocycles. The summed E-state index contributed by atoms with van der Waals surface area (Å²) < 4.78 is 0. The quantitative estimate of drug-likeness (QED) is 0.284. The molecule has 2 aromatic carbocycles. The number of aromatic nitrogens is 2. The molecular weight excluding hydrogens is 462 g/mol. The molecule has 5 heteroatoms. The number of carbonyl (C=O) groups is 1. The van der Waals surface area contributed by atoms with Crippen LogP contribution in [-0.4, -0.2) is 15.9 Å². The van der Waals surface area contributed by atoms with E-state index in [0.29, 0.717) is 17.5 Å². The van der Waals surface area contributed by atoms with Crippen molar-refractivity contribution in [3.05, 3.63) is 99.8 Å². The van der Waals surface area contributed by atoms with Gasteiger partial charge in [0.15, 0.2) is 0 Å². The first-order valence-electron chi connectivity index (χ1n) is 13.0. The summed E-state index contributed by atoms with van der Waals surface area (Å²) in [4.78, 5) is 22.6. The Morgan fingerprint density at radius 2 is 1.72 bits per heavy atom. The Kier molecular flexibility index (Phi) is 7.57. The van der Waals surface area contributed by atoms with E-state index >= 15 is 0 Å². The third kappa shape index (κ3) is 5.73. The zero-order valence-corrected chi connectivity index (χ0v) is 21.9. The first-order chi connectivity index (χ1) is 17.6. The van der Waals surface area contributed by atoms with Gasteiger partial charge in [-0.15, -0.1) is 11.3 Å². The minimum Gasteiger partial charge on any atom is -0.320 e. The maximum absolute atomic E-state index is 13.1. The molecule has 1 aliphatic carbocycles. The van der Waals surface area contributed by atoms with Crippen LogP contribution in [0, 0.1) is 12.8 Å².